The molecule has 4 heteroatoms. The van der Waals surface area contributed by atoms with Crippen LogP contribution in [0.2, 0.25) is 0 Å². The Kier molecular flexibility index (Phi) is 10.0. The first-order valence-electron chi connectivity index (χ1n) is 10.0. The first-order chi connectivity index (χ1) is 11.9. The number of carboxylic acid groups (broad SMARTS) is 1. The summed E-state index contributed by atoms with van der Waals surface area (Å²) in [5, 5.41) is 19.6. The summed E-state index contributed by atoms with van der Waals surface area (Å²) in [6.45, 7) is 5.99. The quantitative estimate of drug-likeness (QED) is 0.475. The van der Waals surface area contributed by atoms with Crippen LogP contribution in [-0.2, 0) is 9.59 Å². The van der Waals surface area contributed by atoms with Gasteiger partial charge < -0.3 is 10.2 Å². The fourth-order valence-corrected chi connectivity index (χ4v) is 3.72. The van der Waals surface area contributed by atoms with Crippen molar-refractivity contribution < 1.29 is 19.8 Å². The van der Waals surface area contributed by atoms with Crippen LogP contribution >= 0.6 is 0 Å². The third-order valence-corrected chi connectivity index (χ3v) is 5.63. The van der Waals surface area contributed by atoms with Crippen LogP contribution in [0.5, 0.6) is 0 Å². The molecule has 2 N–H and O–H groups in total. The van der Waals surface area contributed by atoms with E-state index in [1.54, 1.807) is 13.0 Å². The molecule has 1 rings (SSSR count). The molecule has 0 aliphatic heterocycles. The zero-order valence-electron chi connectivity index (χ0n) is 16.1. The Morgan fingerprint density at radius 1 is 1.12 bits per heavy atom. The van der Waals surface area contributed by atoms with Crippen LogP contribution in [0.25, 0.3) is 0 Å². The minimum atomic E-state index is -0.740. The van der Waals surface area contributed by atoms with Gasteiger partial charge in [0.15, 0.2) is 5.78 Å². The highest BCUT2D eigenvalue weighted by Crippen LogP contribution is 2.34. The minimum Gasteiger partial charge on any atom is -0.481 e. The Hall–Kier alpha value is -1.16. The molecular weight excluding hydrogens is 316 g/mol. The minimum absolute atomic E-state index is 0.0536. The first-order valence-corrected chi connectivity index (χ1v) is 10.0. The van der Waals surface area contributed by atoms with E-state index < -0.39 is 12.1 Å². The molecule has 1 aliphatic carbocycles. The van der Waals surface area contributed by atoms with E-state index in [4.69, 9.17) is 5.11 Å². The summed E-state index contributed by atoms with van der Waals surface area (Å²) in [5.74, 6) is -0.832. The molecule has 0 saturated heterocycles. The summed E-state index contributed by atoms with van der Waals surface area (Å²) in [4.78, 5) is 23.0. The Balaban J connectivity index is 2.38. The summed E-state index contributed by atoms with van der Waals surface area (Å²) >= 11 is 0. The number of aliphatic hydroxyl groups is 1. The highest BCUT2D eigenvalue weighted by molar-refractivity contribution is 5.94. The molecule has 0 fully saturated rings. The van der Waals surface area contributed by atoms with Gasteiger partial charge in [-0.15, -0.1) is 0 Å². The van der Waals surface area contributed by atoms with Gasteiger partial charge >= 0.3 is 5.97 Å². The SMILES string of the molecule is CCCCCC(C)C(O)C1C=CC(=O)C1CCCCCC(C)C(=O)O. The monoisotopic (exact) mass is 352 g/mol. The molecule has 0 bridgehead atoms. The van der Waals surface area contributed by atoms with Gasteiger partial charge in [0.05, 0.1) is 12.0 Å². The van der Waals surface area contributed by atoms with Crippen LogP contribution < -0.4 is 0 Å². The van der Waals surface area contributed by atoms with E-state index in [9.17, 15) is 14.7 Å². The topological polar surface area (TPSA) is 74.6 Å². The lowest BCUT2D eigenvalue weighted by molar-refractivity contribution is -0.141. The van der Waals surface area contributed by atoms with Gasteiger partial charge in [-0.25, -0.2) is 0 Å². The van der Waals surface area contributed by atoms with Gasteiger partial charge in [-0.3, -0.25) is 9.59 Å². The fourth-order valence-electron chi connectivity index (χ4n) is 3.72. The zero-order valence-corrected chi connectivity index (χ0v) is 16.1. The lowest BCUT2D eigenvalue weighted by atomic mass is 9.80. The molecule has 25 heavy (non-hydrogen) atoms. The summed E-state index contributed by atoms with van der Waals surface area (Å²) in [5.41, 5.74) is 0. The third-order valence-electron chi connectivity index (χ3n) is 5.63. The normalized spacial score (nSPS) is 23.6. The smallest absolute Gasteiger partial charge is 0.306 e. The highest BCUT2D eigenvalue weighted by Gasteiger charge is 2.36. The molecule has 144 valence electrons. The van der Waals surface area contributed by atoms with Crippen molar-refractivity contribution in [2.75, 3.05) is 0 Å². The van der Waals surface area contributed by atoms with Crippen LogP contribution in [0.1, 0.15) is 78.6 Å². The van der Waals surface area contributed by atoms with Crippen LogP contribution in [0.4, 0.5) is 0 Å². The predicted octanol–water partition coefficient (Wildman–Crippen LogP) is 4.61. The van der Waals surface area contributed by atoms with Crippen LogP contribution in [0.15, 0.2) is 12.2 Å². The van der Waals surface area contributed by atoms with Crippen molar-refractivity contribution in [3.05, 3.63) is 12.2 Å². The van der Waals surface area contributed by atoms with E-state index >= 15 is 0 Å². The molecule has 0 amide bonds. The van der Waals surface area contributed by atoms with Crippen LogP contribution in [0, 0.1) is 23.7 Å². The van der Waals surface area contributed by atoms with E-state index in [-0.39, 0.29) is 29.5 Å². The molecule has 5 atom stereocenters. The lowest BCUT2D eigenvalue weighted by Crippen LogP contribution is -2.32. The molecule has 5 unspecified atom stereocenters. The molecule has 0 aromatic heterocycles. The second-order valence-corrected chi connectivity index (χ2v) is 7.79. The number of carboxylic acids is 1. The molecule has 0 spiro atoms. The van der Waals surface area contributed by atoms with Gasteiger partial charge in [0.2, 0.25) is 0 Å². The van der Waals surface area contributed by atoms with E-state index in [0.717, 1.165) is 38.5 Å². The van der Waals surface area contributed by atoms with E-state index in [1.807, 2.05) is 6.08 Å². The molecule has 0 heterocycles. The largest absolute Gasteiger partial charge is 0.481 e. The van der Waals surface area contributed by atoms with Gasteiger partial charge in [-0.05, 0) is 31.3 Å². The maximum absolute atomic E-state index is 12.2. The van der Waals surface area contributed by atoms with Crippen molar-refractivity contribution in [1.82, 2.24) is 0 Å². The summed E-state index contributed by atoms with van der Waals surface area (Å²) in [7, 11) is 0. The molecule has 4 nitrogen and oxygen atoms in total. The summed E-state index contributed by atoms with van der Waals surface area (Å²) in [6.07, 6.45) is 11.8. The van der Waals surface area contributed by atoms with Crippen molar-refractivity contribution in [3.63, 3.8) is 0 Å². The number of ketones is 1. The second-order valence-electron chi connectivity index (χ2n) is 7.79. The number of aliphatic carboxylic acids is 1. The lowest BCUT2D eigenvalue weighted by Gasteiger charge is -2.28. The zero-order chi connectivity index (χ0) is 18.8. The number of allylic oxidation sites excluding steroid dienone is 1. The van der Waals surface area contributed by atoms with Crippen molar-refractivity contribution in [1.29, 1.82) is 0 Å². The molecule has 0 saturated carbocycles. The standard InChI is InChI=1S/C21H36O4/c1-4-5-7-10-15(2)20(23)18-13-14-19(22)17(18)12-9-6-8-11-16(3)21(24)25/h13-18,20,23H,4-12H2,1-3H3,(H,24,25). The van der Waals surface area contributed by atoms with Crippen molar-refractivity contribution >= 4 is 11.8 Å². The number of rotatable bonds is 13. The number of carbonyl (C=O) groups excluding carboxylic acids is 1. The predicted molar refractivity (Wildman–Crippen MR) is 100 cm³/mol. The number of unbranched alkanes of at least 4 members (excludes halogenated alkanes) is 4. The van der Waals surface area contributed by atoms with Crippen LogP contribution in [-0.4, -0.2) is 28.1 Å². The maximum Gasteiger partial charge on any atom is 0.306 e. The average molecular weight is 353 g/mol. The van der Waals surface area contributed by atoms with Gasteiger partial charge in [-0.1, -0.05) is 65.4 Å². The first kappa shape index (κ1) is 21.9. The Bertz CT molecular complexity index is 443. The van der Waals surface area contributed by atoms with Gasteiger partial charge in [0.25, 0.3) is 0 Å². The molecule has 0 aromatic carbocycles. The van der Waals surface area contributed by atoms with Crippen molar-refractivity contribution in [2.24, 2.45) is 23.7 Å². The summed E-state index contributed by atoms with van der Waals surface area (Å²) < 4.78 is 0. The van der Waals surface area contributed by atoms with Gasteiger partial charge in [-0.2, -0.15) is 0 Å². The number of hydrogen-bond acceptors (Lipinski definition) is 3. The number of hydrogen-bond donors (Lipinski definition) is 2. The second kappa shape index (κ2) is 11.5. The Morgan fingerprint density at radius 3 is 2.44 bits per heavy atom. The number of aliphatic hydroxyl groups excluding tert-OH is 1. The van der Waals surface area contributed by atoms with E-state index in [2.05, 4.69) is 13.8 Å². The number of carbonyl (C=O) groups is 2. The van der Waals surface area contributed by atoms with Gasteiger partial charge in [0.1, 0.15) is 0 Å². The maximum atomic E-state index is 12.2. The Labute approximate surface area is 152 Å². The van der Waals surface area contributed by atoms with E-state index in [1.165, 1.54) is 12.8 Å². The Morgan fingerprint density at radius 2 is 1.80 bits per heavy atom. The third kappa shape index (κ3) is 7.31. The van der Waals surface area contributed by atoms with Crippen molar-refractivity contribution in [3.8, 4) is 0 Å². The molecule has 0 radical (unpaired) electrons. The van der Waals surface area contributed by atoms with E-state index in [0.29, 0.717) is 6.42 Å². The van der Waals surface area contributed by atoms with Crippen molar-refractivity contribution in [2.45, 2.75) is 84.7 Å². The fraction of sp³-hybridized carbons (Fsp3) is 0.810. The molecule has 1 aliphatic rings. The summed E-state index contributed by atoms with van der Waals surface area (Å²) in [6, 6.07) is 0. The molecular formula is C21H36O4. The van der Waals surface area contributed by atoms with Gasteiger partial charge in [0, 0.05) is 11.8 Å². The van der Waals surface area contributed by atoms with Crippen LogP contribution in [0.3, 0.4) is 0 Å². The average Bonchev–Trinajstić information content (AvgIpc) is 2.94. The molecule has 0 aromatic rings. The highest BCUT2D eigenvalue weighted by atomic mass is 16.4.